The third-order valence-electron chi connectivity index (χ3n) is 1.82. The summed E-state index contributed by atoms with van der Waals surface area (Å²) in [5, 5.41) is 0.763. The van der Waals surface area contributed by atoms with Crippen LogP contribution >= 0.6 is 11.6 Å². The molecule has 0 aliphatic heterocycles. The van der Waals surface area contributed by atoms with Crippen LogP contribution in [0.4, 0.5) is 0 Å². The molecule has 0 amide bonds. The van der Waals surface area contributed by atoms with E-state index in [2.05, 4.69) is 19.7 Å². The van der Waals surface area contributed by atoms with Gasteiger partial charge in [0.15, 0.2) is 0 Å². The van der Waals surface area contributed by atoms with Gasteiger partial charge >= 0.3 is 0 Å². The van der Waals surface area contributed by atoms with Crippen molar-refractivity contribution in [2.24, 2.45) is 0 Å². The number of rotatable bonds is 4. The molecule has 1 aromatic carbocycles. The lowest BCUT2D eigenvalue weighted by molar-refractivity contribution is 0.314. The Morgan fingerprint density at radius 2 is 2.21 bits per heavy atom. The molecule has 1 nitrogen and oxygen atoms in total. The van der Waals surface area contributed by atoms with Crippen LogP contribution in [0.5, 0.6) is 0 Å². The van der Waals surface area contributed by atoms with E-state index in [1.807, 2.05) is 24.3 Å². The summed E-state index contributed by atoms with van der Waals surface area (Å²) in [5.74, 6) is 0. The molecule has 0 heterocycles. The zero-order valence-electron chi connectivity index (χ0n) is 8.51. The van der Waals surface area contributed by atoms with Gasteiger partial charge in [-0.1, -0.05) is 30.3 Å². The lowest BCUT2D eigenvalue weighted by Gasteiger charge is -2.08. The minimum Gasteiger partial charge on any atom is -0.413 e. The number of hydrogen-bond donors (Lipinski definition) is 0. The standard InChI is InChI=1S/C11H14ClOSi/c1-4-9-5-6-11(12)10(7-9)8-13-14(2)3/h4-7H,1,8H2,2-3H3. The van der Waals surface area contributed by atoms with Crippen molar-refractivity contribution in [2.45, 2.75) is 19.7 Å². The van der Waals surface area contributed by atoms with Gasteiger partial charge in [0.1, 0.15) is 0 Å². The van der Waals surface area contributed by atoms with Gasteiger partial charge in [0.2, 0.25) is 9.04 Å². The number of halogens is 1. The number of hydrogen-bond acceptors (Lipinski definition) is 1. The highest BCUT2D eigenvalue weighted by molar-refractivity contribution is 6.48. The Bertz CT molecular complexity index is 323. The maximum Gasteiger partial charge on any atom is 0.205 e. The largest absolute Gasteiger partial charge is 0.413 e. The van der Waals surface area contributed by atoms with E-state index in [9.17, 15) is 0 Å². The van der Waals surface area contributed by atoms with E-state index in [-0.39, 0.29) is 0 Å². The SMILES string of the molecule is C=Cc1ccc(Cl)c(CO[Si](C)C)c1. The van der Waals surface area contributed by atoms with Gasteiger partial charge in [-0.25, -0.2) is 0 Å². The number of benzene rings is 1. The van der Waals surface area contributed by atoms with E-state index < -0.39 is 9.04 Å². The monoisotopic (exact) mass is 225 g/mol. The van der Waals surface area contributed by atoms with E-state index in [0.29, 0.717) is 6.61 Å². The van der Waals surface area contributed by atoms with Crippen molar-refractivity contribution in [3.63, 3.8) is 0 Å². The maximum atomic E-state index is 6.03. The molecule has 14 heavy (non-hydrogen) atoms. The Balaban J connectivity index is 2.78. The van der Waals surface area contributed by atoms with E-state index >= 15 is 0 Å². The quantitative estimate of drug-likeness (QED) is 0.710. The Hall–Kier alpha value is -0.573. The zero-order valence-corrected chi connectivity index (χ0v) is 10.3. The zero-order chi connectivity index (χ0) is 10.6. The molecule has 0 N–H and O–H groups in total. The van der Waals surface area contributed by atoms with Crippen molar-refractivity contribution < 1.29 is 4.43 Å². The molecule has 0 unspecified atom stereocenters. The predicted octanol–water partition coefficient (Wildman–Crippen LogP) is 3.75. The Kier molecular flexibility index (Phi) is 4.39. The molecule has 0 bridgehead atoms. The molecule has 0 aliphatic carbocycles. The van der Waals surface area contributed by atoms with Crippen LogP contribution in [-0.4, -0.2) is 9.04 Å². The molecule has 75 valence electrons. The molecule has 0 spiro atoms. The van der Waals surface area contributed by atoms with Crippen molar-refractivity contribution in [1.29, 1.82) is 0 Å². The van der Waals surface area contributed by atoms with Crippen molar-refractivity contribution >= 4 is 26.7 Å². The summed E-state index contributed by atoms with van der Waals surface area (Å²) < 4.78 is 5.59. The van der Waals surface area contributed by atoms with Gasteiger partial charge in [0.05, 0.1) is 6.61 Å². The smallest absolute Gasteiger partial charge is 0.205 e. The van der Waals surface area contributed by atoms with Crippen LogP contribution in [0.15, 0.2) is 24.8 Å². The predicted molar refractivity (Wildman–Crippen MR) is 63.8 cm³/mol. The molecular formula is C11H14ClOSi. The van der Waals surface area contributed by atoms with E-state index in [1.165, 1.54) is 0 Å². The first kappa shape index (κ1) is 11.5. The molecule has 1 radical (unpaired) electrons. The molecule has 0 fully saturated rings. The highest BCUT2D eigenvalue weighted by Gasteiger charge is 2.03. The third kappa shape index (κ3) is 3.29. The Labute approximate surface area is 92.1 Å². The van der Waals surface area contributed by atoms with E-state index in [0.717, 1.165) is 16.1 Å². The van der Waals surface area contributed by atoms with Crippen LogP contribution in [-0.2, 0) is 11.0 Å². The van der Waals surface area contributed by atoms with E-state index in [4.69, 9.17) is 16.0 Å². The molecule has 1 aromatic rings. The Morgan fingerprint density at radius 3 is 2.79 bits per heavy atom. The Morgan fingerprint density at radius 1 is 1.50 bits per heavy atom. The summed E-state index contributed by atoms with van der Waals surface area (Å²) in [7, 11) is -0.652. The van der Waals surface area contributed by atoms with Crippen LogP contribution in [0.2, 0.25) is 18.1 Å². The summed E-state index contributed by atoms with van der Waals surface area (Å²) in [6, 6.07) is 5.84. The van der Waals surface area contributed by atoms with Gasteiger partial charge in [0, 0.05) is 5.02 Å². The summed E-state index contributed by atoms with van der Waals surface area (Å²) in [5.41, 5.74) is 2.12. The maximum absolute atomic E-state index is 6.03. The first-order valence-corrected chi connectivity index (χ1v) is 7.26. The third-order valence-corrected chi connectivity index (χ3v) is 2.91. The van der Waals surface area contributed by atoms with Crippen molar-refractivity contribution in [1.82, 2.24) is 0 Å². The van der Waals surface area contributed by atoms with Crippen LogP contribution in [0.25, 0.3) is 6.08 Å². The average Bonchev–Trinajstić information content (AvgIpc) is 2.16. The fourth-order valence-corrected chi connectivity index (χ4v) is 1.67. The highest BCUT2D eigenvalue weighted by atomic mass is 35.5. The van der Waals surface area contributed by atoms with Crippen molar-refractivity contribution in [3.05, 3.63) is 40.9 Å². The summed E-state index contributed by atoms with van der Waals surface area (Å²) in [6.07, 6.45) is 1.81. The van der Waals surface area contributed by atoms with Crippen LogP contribution in [0.3, 0.4) is 0 Å². The summed E-state index contributed by atoms with van der Waals surface area (Å²) in [4.78, 5) is 0. The second-order valence-electron chi connectivity index (χ2n) is 3.25. The van der Waals surface area contributed by atoms with E-state index in [1.54, 1.807) is 0 Å². The van der Waals surface area contributed by atoms with Crippen molar-refractivity contribution in [2.75, 3.05) is 0 Å². The fourth-order valence-electron chi connectivity index (χ4n) is 1.05. The van der Waals surface area contributed by atoms with Gasteiger partial charge in [-0.3, -0.25) is 0 Å². The first-order valence-electron chi connectivity index (χ1n) is 4.47. The van der Waals surface area contributed by atoms with Crippen LogP contribution < -0.4 is 0 Å². The molecular weight excluding hydrogens is 212 g/mol. The summed E-state index contributed by atoms with van der Waals surface area (Å²) in [6.45, 7) is 8.53. The fraction of sp³-hybridized carbons (Fsp3) is 0.273. The highest BCUT2D eigenvalue weighted by Crippen LogP contribution is 2.19. The minimum absolute atomic E-state index is 0.599. The molecule has 3 heteroatoms. The molecule has 0 atom stereocenters. The second-order valence-corrected chi connectivity index (χ2v) is 5.76. The molecule has 0 saturated heterocycles. The summed E-state index contributed by atoms with van der Waals surface area (Å²) >= 11 is 6.03. The van der Waals surface area contributed by atoms with Gasteiger partial charge in [-0.2, -0.15) is 0 Å². The van der Waals surface area contributed by atoms with Crippen LogP contribution in [0.1, 0.15) is 11.1 Å². The molecule has 1 rings (SSSR count). The molecule has 0 aliphatic rings. The lowest BCUT2D eigenvalue weighted by Crippen LogP contribution is -2.07. The van der Waals surface area contributed by atoms with Crippen molar-refractivity contribution in [3.8, 4) is 0 Å². The van der Waals surface area contributed by atoms with Crippen LogP contribution in [0, 0.1) is 0 Å². The van der Waals surface area contributed by atoms with Gasteiger partial charge in [0.25, 0.3) is 0 Å². The minimum atomic E-state index is -0.652. The molecule has 0 aromatic heterocycles. The normalized spacial score (nSPS) is 10.6. The second kappa shape index (κ2) is 5.34. The lowest BCUT2D eigenvalue weighted by atomic mass is 10.1. The molecule has 0 saturated carbocycles. The topological polar surface area (TPSA) is 9.23 Å². The first-order chi connectivity index (χ1) is 6.63. The van der Waals surface area contributed by atoms with Gasteiger partial charge in [-0.05, 0) is 36.4 Å². The average molecular weight is 226 g/mol. The van der Waals surface area contributed by atoms with Gasteiger partial charge in [-0.15, -0.1) is 0 Å². The van der Waals surface area contributed by atoms with Gasteiger partial charge < -0.3 is 4.43 Å².